The van der Waals surface area contributed by atoms with Gasteiger partial charge in [0.2, 0.25) is 5.91 Å². The van der Waals surface area contributed by atoms with E-state index in [0.717, 1.165) is 12.1 Å². The number of benzene rings is 2. The second-order valence-electron chi connectivity index (χ2n) is 6.88. The Morgan fingerprint density at radius 1 is 1.12 bits per heavy atom. The Morgan fingerprint density at radius 3 is 2.54 bits per heavy atom. The van der Waals surface area contributed by atoms with Gasteiger partial charge in [0.05, 0.1) is 6.04 Å². The maximum absolute atomic E-state index is 12.1. The summed E-state index contributed by atoms with van der Waals surface area (Å²) in [6.45, 7) is 8.13. The first-order chi connectivity index (χ1) is 11.4. The molecule has 2 aromatic rings. The number of rotatable bonds is 2. The molecule has 126 valence electrons. The van der Waals surface area contributed by atoms with Crippen molar-refractivity contribution in [1.82, 2.24) is 0 Å². The predicted molar refractivity (Wildman–Crippen MR) is 101 cm³/mol. The first kappa shape index (κ1) is 16.6. The van der Waals surface area contributed by atoms with Crippen LogP contribution in [-0.4, -0.2) is 19.0 Å². The molecule has 0 radical (unpaired) electrons. The van der Waals surface area contributed by atoms with Gasteiger partial charge in [-0.1, -0.05) is 30.3 Å². The highest BCUT2D eigenvalue weighted by molar-refractivity contribution is 5.93. The third kappa shape index (κ3) is 2.68. The summed E-state index contributed by atoms with van der Waals surface area (Å²) in [5.74, 6) is 0.114. The molecule has 0 bridgehead atoms. The van der Waals surface area contributed by atoms with Crippen LogP contribution in [0.4, 0.5) is 11.4 Å². The van der Waals surface area contributed by atoms with E-state index in [9.17, 15) is 4.79 Å². The molecule has 0 spiro atoms. The van der Waals surface area contributed by atoms with E-state index in [1.807, 2.05) is 11.0 Å². The molecule has 1 amide bonds. The number of fused-ring (bicyclic) bond motifs is 1. The van der Waals surface area contributed by atoms with Crippen molar-refractivity contribution in [2.45, 2.75) is 46.2 Å². The third-order valence-corrected chi connectivity index (χ3v) is 5.32. The average Bonchev–Trinajstić information content (AvgIpc) is 2.55. The minimum absolute atomic E-state index is 0.114. The topological polar surface area (TPSA) is 23.6 Å². The van der Waals surface area contributed by atoms with E-state index in [1.54, 1.807) is 6.92 Å². The van der Waals surface area contributed by atoms with Gasteiger partial charge in [0.25, 0.3) is 0 Å². The zero-order chi connectivity index (χ0) is 17.4. The molecule has 1 aliphatic rings. The van der Waals surface area contributed by atoms with Gasteiger partial charge >= 0.3 is 0 Å². The lowest BCUT2D eigenvalue weighted by atomic mass is 9.90. The summed E-state index contributed by atoms with van der Waals surface area (Å²) in [6, 6.07) is 15.2. The molecule has 1 heterocycles. The highest BCUT2D eigenvalue weighted by Gasteiger charge is 2.34. The number of nitrogens with zero attached hydrogens (tertiary/aromatic N) is 2. The largest absolute Gasteiger partial charge is 0.367 e. The van der Waals surface area contributed by atoms with Gasteiger partial charge in [0, 0.05) is 31.4 Å². The van der Waals surface area contributed by atoms with Crippen LogP contribution in [0.25, 0.3) is 0 Å². The van der Waals surface area contributed by atoms with Crippen LogP contribution < -0.4 is 9.80 Å². The number of aryl methyl sites for hydroxylation is 1. The van der Waals surface area contributed by atoms with Gasteiger partial charge in [-0.2, -0.15) is 0 Å². The van der Waals surface area contributed by atoms with Crippen LogP contribution in [-0.2, 0) is 4.79 Å². The zero-order valence-corrected chi connectivity index (χ0v) is 15.2. The van der Waals surface area contributed by atoms with E-state index in [0.29, 0.717) is 0 Å². The van der Waals surface area contributed by atoms with Crippen molar-refractivity contribution in [1.29, 1.82) is 0 Å². The van der Waals surface area contributed by atoms with Crippen LogP contribution in [0.1, 0.15) is 43.0 Å². The lowest BCUT2D eigenvalue weighted by Crippen LogP contribution is -2.45. The Balaban J connectivity index is 2.07. The minimum Gasteiger partial charge on any atom is -0.367 e. The number of carbonyl (C=O) groups excluding carboxylic acids is 1. The highest BCUT2D eigenvalue weighted by Crippen LogP contribution is 2.42. The van der Waals surface area contributed by atoms with Gasteiger partial charge < -0.3 is 9.80 Å². The fraction of sp³-hybridized carbons (Fsp3) is 0.381. The Labute approximate surface area is 144 Å². The van der Waals surface area contributed by atoms with Gasteiger partial charge in [0.15, 0.2) is 0 Å². The van der Waals surface area contributed by atoms with Crippen LogP contribution in [0, 0.1) is 13.8 Å². The van der Waals surface area contributed by atoms with Crippen LogP contribution in [0.15, 0.2) is 42.5 Å². The SMILES string of the molecule is CC(=O)N1c2ccccc2C(N(C)c2cccc(C)c2C)C[C@H]1C. The quantitative estimate of drug-likeness (QED) is 0.805. The molecule has 0 aromatic heterocycles. The lowest BCUT2D eigenvalue weighted by molar-refractivity contribution is -0.117. The van der Waals surface area contributed by atoms with Gasteiger partial charge in [-0.15, -0.1) is 0 Å². The van der Waals surface area contributed by atoms with Crippen molar-refractivity contribution >= 4 is 17.3 Å². The molecule has 0 saturated heterocycles. The maximum atomic E-state index is 12.1. The summed E-state index contributed by atoms with van der Waals surface area (Å²) < 4.78 is 0. The second kappa shape index (κ2) is 6.31. The van der Waals surface area contributed by atoms with E-state index in [4.69, 9.17) is 0 Å². The molecule has 0 aliphatic carbocycles. The second-order valence-corrected chi connectivity index (χ2v) is 6.88. The molecule has 3 heteroatoms. The molecule has 2 atom stereocenters. The molecule has 0 N–H and O–H groups in total. The average molecular weight is 322 g/mol. The van der Waals surface area contributed by atoms with Crippen LogP contribution in [0.5, 0.6) is 0 Å². The monoisotopic (exact) mass is 322 g/mol. The molecule has 0 fully saturated rings. The molecular weight excluding hydrogens is 296 g/mol. The first-order valence-corrected chi connectivity index (χ1v) is 8.59. The van der Waals surface area contributed by atoms with E-state index >= 15 is 0 Å². The molecule has 3 rings (SSSR count). The fourth-order valence-corrected chi connectivity index (χ4v) is 3.91. The number of hydrogen-bond acceptors (Lipinski definition) is 2. The minimum atomic E-state index is 0.114. The standard InChI is InChI=1S/C21H26N2O/c1-14-9-8-12-19(16(14)3)22(5)21-13-15(2)23(17(4)24)20-11-7-6-10-18(20)21/h6-12,15,21H,13H2,1-5H3/t15-,21?/m1/s1. The number of anilines is 2. The molecule has 2 aromatic carbocycles. The first-order valence-electron chi connectivity index (χ1n) is 8.59. The zero-order valence-electron chi connectivity index (χ0n) is 15.2. The summed E-state index contributed by atoms with van der Waals surface area (Å²) in [5.41, 5.74) is 6.17. The summed E-state index contributed by atoms with van der Waals surface area (Å²) >= 11 is 0. The Hall–Kier alpha value is -2.29. The van der Waals surface area contributed by atoms with Gasteiger partial charge in [-0.3, -0.25) is 4.79 Å². The van der Waals surface area contributed by atoms with E-state index in [-0.39, 0.29) is 18.0 Å². The third-order valence-electron chi connectivity index (χ3n) is 5.32. The Bertz CT molecular complexity index is 768. The molecular formula is C21H26N2O. The van der Waals surface area contributed by atoms with Gasteiger partial charge in [-0.25, -0.2) is 0 Å². The van der Waals surface area contributed by atoms with Crippen molar-refractivity contribution in [2.24, 2.45) is 0 Å². The lowest BCUT2D eigenvalue weighted by Gasteiger charge is -2.43. The van der Waals surface area contributed by atoms with E-state index < -0.39 is 0 Å². The Morgan fingerprint density at radius 2 is 1.83 bits per heavy atom. The fourth-order valence-electron chi connectivity index (χ4n) is 3.91. The van der Waals surface area contributed by atoms with Gasteiger partial charge in [0.1, 0.15) is 0 Å². The smallest absolute Gasteiger partial charge is 0.224 e. The van der Waals surface area contributed by atoms with Crippen molar-refractivity contribution in [3.05, 3.63) is 59.2 Å². The number of amides is 1. The van der Waals surface area contributed by atoms with Crippen LogP contribution in [0.3, 0.4) is 0 Å². The number of carbonyl (C=O) groups is 1. The maximum Gasteiger partial charge on any atom is 0.224 e. The van der Waals surface area contributed by atoms with Crippen LogP contribution >= 0.6 is 0 Å². The Kier molecular flexibility index (Phi) is 4.35. The predicted octanol–water partition coefficient (Wildman–Crippen LogP) is 4.63. The molecule has 1 unspecified atom stereocenters. The normalized spacial score (nSPS) is 19.8. The summed E-state index contributed by atoms with van der Waals surface area (Å²) in [7, 11) is 2.17. The summed E-state index contributed by atoms with van der Waals surface area (Å²) in [6.07, 6.45) is 0.931. The van der Waals surface area contributed by atoms with Crippen LogP contribution in [0.2, 0.25) is 0 Å². The molecule has 3 nitrogen and oxygen atoms in total. The van der Waals surface area contributed by atoms with Crippen molar-refractivity contribution in [3.63, 3.8) is 0 Å². The molecule has 1 aliphatic heterocycles. The van der Waals surface area contributed by atoms with E-state index in [1.165, 1.54) is 22.4 Å². The van der Waals surface area contributed by atoms with Crippen molar-refractivity contribution in [2.75, 3.05) is 16.8 Å². The number of para-hydroxylation sites is 1. The van der Waals surface area contributed by atoms with E-state index in [2.05, 4.69) is 69.1 Å². The summed E-state index contributed by atoms with van der Waals surface area (Å²) in [4.78, 5) is 16.4. The number of hydrogen-bond donors (Lipinski definition) is 0. The molecule has 24 heavy (non-hydrogen) atoms. The highest BCUT2D eigenvalue weighted by atomic mass is 16.2. The van der Waals surface area contributed by atoms with Crippen molar-refractivity contribution < 1.29 is 4.79 Å². The van der Waals surface area contributed by atoms with Crippen molar-refractivity contribution in [3.8, 4) is 0 Å². The molecule has 0 saturated carbocycles. The van der Waals surface area contributed by atoms with Gasteiger partial charge in [-0.05, 0) is 56.0 Å². The summed E-state index contributed by atoms with van der Waals surface area (Å²) in [5, 5.41) is 0.